The van der Waals surface area contributed by atoms with Crippen LogP contribution in [0.15, 0.2) is 59.5 Å². The van der Waals surface area contributed by atoms with Gasteiger partial charge in [0, 0.05) is 0 Å². The van der Waals surface area contributed by atoms with E-state index in [1.807, 2.05) is 0 Å². The molecule has 1 atom stereocenters. The molecule has 0 spiro atoms. The molecule has 1 unspecified atom stereocenters. The topological polar surface area (TPSA) is 77.2 Å². The van der Waals surface area contributed by atoms with Crippen LogP contribution in [0.25, 0.3) is 0 Å². The molecule has 4 nitrogen and oxygen atoms in total. The molecule has 0 heterocycles. The third kappa shape index (κ3) is 3.46. The van der Waals surface area contributed by atoms with Gasteiger partial charge in [-0.3, -0.25) is 4.79 Å². The highest BCUT2D eigenvalue weighted by molar-refractivity contribution is 7.92. The molecule has 21 heavy (non-hydrogen) atoms. The Morgan fingerprint density at radius 2 is 1.62 bits per heavy atom. The molecule has 0 bridgehead atoms. The molecule has 6 heteroatoms. The summed E-state index contributed by atoms with van der Waals surface area (Å²) in [5.41, 5.74) is 5.77. The van der Waals surface area contributed by atoms with Crippen LogP contribution in [0.5, 0.6) is 0 Å². The number of primary amides is 1. The number of rotatable bonds is 5. The molecule has 2 aromatic carbocycles. The average molecular weight is 307 g/mol. The number of hydrogen-bond donors (Lipinski definition) is 1. The summed E-state index contributed by atoms with van der Waals surface area (Å²) in [5.74, 6) is -1.36. The first-order valence-electron chi connectivity index (χ1n) is 6.24. The van der Waals surface area contributed by atoms with Gasteiger partial charge in [-0.05, 0) is 36.2 Å². The first kappa shape index (κ1) is 15.2. The van der Waals surface area contributed by atoms with E-state index in [-0.39, 0.29) is 11.3 Å². The summed E-state index contributed by atoms with van der Waals surface area (Å²) >= 11 is 0. The Morgan fingerprint density at radius 3 is 2.14 bits per heavy atom. The Labute approximate surface area is 122 Å². The number of sulfone groups is 1. The van der Waals surface area contributed by atoms with Crippen molar-refractivity contribution in [1.29, 1.82) is 0 Å². The molecule has 2 N–H and O–H groups in total. The van der Waals surface area contributed by atoms with Crippen LogP contribution in [0.1, 0.15) is 5.56 Å². The standard InChI is InChI=1S/C15H14FNO3S/c16-12-8-6-11(7-9-12)10-14(15(17)18)21(19,20)13-4-2-1-3-5-13/h1-9,14H,10H2,(H2,17,18). The number of benzene rings is 2. The highest BCUT2D eigenvalue weighted by Crippen LogP contribution is 2.19. The Hall–Kier alpha value is -2.21. The van der Waals surface area contributed by atoms with Crippen molar-refractivity contribution >= 4 is 15.7 Å². The third-order valence-electron chi connectivity index (χ3n) is 3.10. The van der Waals surface area contributed by atoms with E-state index in [0.29, 0.717) is 5.56 Å². The van der Waals surface area contributed by atoms with Gasteiger partial charge in [0.15, 0.2) is 9.84 Å². The van der Waals surface area contributed by atoms with Gasteiger partial charge < -0.3 is 5.73 Å². The first-order valence-corrected chi connectivity index (χ1v) is 7.78. The number of carbonyl (C=O) groups excluding carboxylic acids is 1. The van der Waals surface area contributed by atoms with Crippen molar-refractivity contribution in [2.75, 3.05) is 0 Å². The molecule has 0 saturated carbocycles. The zero-order valence-electron chi connectivity index (χ0n) is 11.1. The highest BCUT2D eigenvalue weighted by Gasteiger charge is 2.32. The lowest BCUT2D eigenvalue weighted by Crippen LogP contribution is -2.37. The second-order valence-corrected chi connectivity index (χ2v) is 6.71. The summed E-state index contributed by atoms with van der Waals surface area (Å²) in [4.78, 5) is 11.6. The summed E-state index contributed by atoms with van der Waals surface area (Å²) in [5, 5.41) is -1.38. The largest absolute Gasteiger partial charge is 0.369 e. The lowest BCUT2D eigenvalue weighted by molar-refractivity contribution is -0.117. The van der Waals surface area contributed by atoms with Crippen molar-refractivity contribution in [3.8, 4) is 0 Å². The monoisotopic (exact) mass is 307 g/mol. The molecule has 0 radical (unpaired) electrons. The number of amides is 1. The molecular formula is C15H14FNO3S. The molecule has 2 rings (SSSR count). The molecule has 0 fully saturated rings. The summed E-state index contributed by atoms with van der Waals surface area (Å²) in [6, 6.07) is 12.9. The first-order chi connectivity index (χ1) is 9.91. The minimum Gasteiger partial charge on any atom is -0.369 e. The van der Waals surface area contributed by atoms with E-state index in [4.69, 9.17) is 5.73 Å². The SMILES string of the molecule is NC(=O)C(Cc1ccc(F)cc1)S(=O)(=O)c1ccccc1. The van der Waals surface area contributed by atoms with Crippen molar-refractivity contribution < 1.29 is 17.6 Å². The van der Waals surface area contributed by atoms with Crippen LogP contribution in [0, 0.1) is 5.82 Å². The quantitative estimate of drug-likeness (QED) is 0.913. The van der Waals surface area contributed by atoms with Gasteiger partial charge in [-0.25, -0.2) is 12.8 Å². The van der Waals surface area contributed by atoms with Gasteiger partial charge in [0.1, 0.15) is 11.1 Å². The van der Waals surface area contributed by atoms with E-state index in [0.717, 1.165) is 0 Å². The summed E-state index contributed by atoms with van der Waals surface area (Å²) in [6.45, 7) is 0. The molecular weight excluding hydrogens is 293 g/mol. The Kier molecular flexibility index (Phi) is 4.37. The van der Waals surface area contributed by atoms with Crippen LogP contribution >= 0.6 is 0 Å². The molecule has 110 valence electrons. The fourth-order valence-corrected chi connectivity index (χ4v) is 3.55. The number of hydrogen-bond acceptors (Lipinski definition) is 3. The minimum absolute atomic E-state index is 0.0379. The maximum Gasteiger partial charge on any atom is 0.236 e. The third-order valence-corrected chi connectivity index (χ3v) is 5.18. The van der Waals surface area contributed by atoms with E-state index in [2.05, 4.69) is 0 Å². The van der Waals surface area contributed by atoms with Crippen molar-refractivity contribution in [2.24, 2.45) is 5.73 Å². The van der Waals surface area contributed by atoms with E-state index < -0.39 is 26.8 Å². The molecule has 0 aliphatic heterocycles. The zero-order chi connectivity index (χ0) is 15.5. The fourth-order valence-electron chi connectivity index (χ4n) is 1.97. The van der Waals surface area contributed by atoms with E-state index >= 15 is 0 Å². The maximum atomic E-state index is 12.9. The van der Waals surface area contributed by atoms with E-state index in [1.54, 1.807) is 18.2 Å². The van der Waals surface area contributed by atoms with Gasteiger partial charge in [0.05, 0.1) is 4.90 Å². The second-order valence-electron chi connectivity index (χ2n) is 4.58. The number of carbonyl (C=O) groups is 1. The van der Waals surface area contributed by atoms with Crippen molar-refractivity contribution in [2.45, 2.75) is 16.6 Å². The van der Waals surface area contributed by atoms with Gasteiger partial charge >= 0.3 is 0 Å². The lowest BCUT2D eigenvalue weighted by atomic mass is 10.1. The lowest BCUT2D eigenvalue weighted by Gasteiger charge is -2.14. The average Bonchev–Trinajstić information content (AvgIpc) is 2.47. The minimum atomic E-state index is -3.88. The normalized spacial score (nSPS) is 12.8. The van der Waals surface area contributed by atoms with Crippen LogP contribution in [0.4, 0.5) is 4.39 Å². The maximum absolute atomic E-state index is 12.9. The second kappa shape index (κ2) is 6.05. The van der Waals surface area contributed by atoms with Gasteiger partial charge in [-0.2, -0.15) is 0 Å². The molecule has 2 aromatic rings. The molecule has 0 aliphatic rings. The zero-order valence-corrected chi connectivity index (χ0v) is 11.9. The number of nitrogens with two attached hydrogens (primary N) is 1. The van der Waals surface area contributed by atoms with Crippen LogP contribution < -0.4 is 5.73 Å². The van der Waals surface area contributed by atoms with Crippen molar-refractivity contribution in [1.82, 2.24) is 0 Å². The number of halogens is 1. The smallest absolute Gasteiger partial charge is 0.236 e. The van der Waals surface area contributed by atoms with Gasteiger partial charge in [-0.1, -0.05) is 30.3 Å². The van der Waals surface area contributed by atoms with E-state index in [9.17, 15) is 17.6 Å². The Morgan fingerprint density at radius 1 is 1.05 bits per heavy atom. The van der Waals surface area contributed by atoms with Crippen molar-refractivity contribution in [3.05, 3.63) is 66.0 Å². The van der Waals surface area contributed by atoms with Gasteiger partial charge in [0.2, 0.25) is 5.91 Å². The van der Waals surface area contributed by atoms with E-state index in [1.165, 1.54) is 36.4 Å². The molecule has 0 aromatic heterocycles. The van der Waals surface area contributed by atoms with Crippen LogP contribution in [-0.2, 0) is 21.1 Å². The Balaban J connectivity index is 2.35. The van der Waals surface area contributed by atoms with Gasteiger partial charge in [-0.15, -0.1) is 0 Å². The summed E-state index contributed by atoms with van der Waals surface area (Å²) in [7, 11) is -3.88. The van der Waals surface area contributed by atoms with Crippen LogP contribution in [0.2, 0.25) is 0 Å². The summed E-state index contributed by atoms with van der Waals surface area (Å²) in [6.07, 6.45) is -0.0904. The summed E-state index contributed by atoms with van der Waals surface area (Å²) < 4.78 is 37.8. The molecule has 0 aliphatic carbocycles. The van der Waals surface area contributed by atoms with Crippen molar-refractivity contribution in [3.63, 3.8) is 0 Å². The Bertz CT molecular complexity index is 727. The highest BCUT2D eigenvalue weighted by atomic mass is 32.2. The predicted molar refractivity (Wildman–Crippen MR) is 76.7 cm³/mol. The molecule has 0 saturated heterocycles. The van der Waals surface area contributed by atoms with Crippen LogP contribution in [0.3, 0.4) is 0 Å². The van der Waals surface area contributed by atoms with Gasteiger partial charge in [0.25, 0.3) is 0 Å². The van der Waals surface area contributed by atoms with Crippen LogP contribution in [-0.4, -0.2) is 19.6 Å². The predicted octanol–water partition coefficient (Wildman–Crippen LogP) is 1.70. The fraction of sp³-hybridized carbons (Fsp3) is 0.133. The molecule has 1 amide bonds.